The van der Waals surface area contributed by atoms with Gasteiger partial charge in [0.25, 0.3) is 23.6 Å². The van der Waals surface area contributed by atoms with Gasteiger partial charge in [-0.25, -0.2) is 9.80 Å². The molecule has 46 heavy (non-hydrogen) atoms. The van der Waals surface area contributed by atoms with Crippen molar-refractivity contribution < 1.29 is 19.2 Å². The van der Waals surface area contributed by atoms with Gasteiger partial charge >= 0.3 is 0 Å². The Morgan fingerprint density at radius 2 is 0.783 bits per heavy atom. The molecule has 4 aliphatic rings. The number of rotatable bonds is 4. The highest BCUT2D eigenvalue weighted by atomic mass is 35.5. The van der Waals surface area contributed by atoms with Gasteiger partial charge in [-0.2, -0.15) is 0 Å². The molecule has 0 spiro atoms. The molecule has 0 unspecified atom stereocenters. The maximum absolute atomic E-state index is 14.0. The lowest BCUT2D eigenvalue weighted by Crippen LogP contribution is -2.43. The summed E-state index contributed by atoms with van der Waals surface area (Å²) in [5.41, 5.74) is 4.19. The maximum Gasteiger partial charge on any atom is 0.266 e. The predicted octanol–water partition coefficient (Wildman–Crippen LogP) is 9.74. The summed E-state index contributed by atoms with van der Waals surface area (Å²) in [6.07, 6.45) is 13.2. The summed E-state index contributed by atoms with van der Waals surface area (Å²) in [4.78, 5) is 57.9. The lowest BCUT2D eigenvalue weighted by molar-refractivity contribution is 0.0873. The summed E-state index contributed by atoms with van der Waals surface area (Å²) < 4.78 is 0. The van der Waals surface area contributed by atoms with E-state index in [1.165, 1.54) is 24.3 Å². The number of halogens is 4. The number of carbonyl (C=O) groups is 4. The Hall–Kier alpha value is -4.46. The molecule has 0 fully saturated rings. The third kappa shape index (κ3) is 4.11. The van der Waals surface area contributed by atoms with Crippen molar-refractivity contribution in [2.24, 2.45) is 0 Å². The standard InChI is InChI=1S/C36H18Cl4N2O4/c37-25-13-19(17-5-1-2-6-17)14-26(38)31(25)41-33(43)21-9-11-23-30-24(12-10-22(29(21)30)34(41)44)36(46)42(35(23)45)32-27(39)15-20(16-28(32)40)18-7-3-4-8-18/h1-5,7,9-16H,6,8H2. The molecule has 2 aliphatic carbocycles. The second-order valence-electron chi connectivity index (χ2n) is 11.2. The Morgan fingerprint density at radius 1 is 0.478 bits per heavy atom. The Labute approximate surface area is 282 Å². The number of hydrogen-bond acceptors (Lipinski definition) is 4. The van der Waals surface area contributed by atoms with Crippen LogP contribution < -0.4 is 9.80 Å². The summed E-state index contributed by atoms with van der Waals surface area (Å²) >= 11 is 26.7. The summed E-state index contributed by atoms with van der Waals surface area (Å²) in [6, 6.07) is 12.6. The third-order valence-electron chi connectivity index (χ3n) is 8.66. The summed E-state index contributed by atoms with van der Waals surface area (Å²) in [7, 11) is 0. The molecular weight excluding hydrogens is 666 g/mol. The van der Waals surface area contributed by atoms with E-state index in [9.17, 15) is 19.2 Å². The van der Waals surface area contributed by atoms with E-state index in [4.69, 9.17) is 46.4 Å². The molecule has 0 atom stereocenters. The number of anilines is 2. The van der Waals surface area contributed by atoms with Gasteiger partial charge in [0, 0.05) is 33.0 Å². The monoisotopic (exact) mass is 682 g/mol. The zero-order valence-corrected chi connectivity index (χ0v) is 26.6. The van der Waals surface area contributed by atoms with Crippen LogP contribution in [0.2, 0.25) is 20.1 Å². The molecule has 224 valence electrons. The first-order chi connectivity index (χ1) is 22.2. The van der Waals surface area contributed by atoms with E-state index >= 15 is 0 Å². The molecule has 0 saturated carbocycles. The lowest BCUT2D eigenvalue weighted by atomic mass is 9.85. The van der Waals surface area contributed by atoms with Gasteiger partial charge in [0.1, 0.15) is 0 Å². The molecule has 2 heterocycles. The Morgan fingerprint density at radius 3 is 1.04 bits per heavy atom. The van der Waals surface area contributed by atoms with Gasteiger partial charge in [0.15, 0.2) is 0 Å². The molecule has 0 radical (unpaired) electrons. The van der Waals surface area contributed by atoms with E-state index in [2.05, 4.69) is 0 Å². The van der Waals surface area contributed by atoms with E-state index in [-0.39, 0.29) is 64.5 Å². The van der Waals surface area contributed by atoms with Crippen molar-refractivity contribution in [2.45, 2.75) is 12.8 Å². The fourth-order valence-electron chi connectivity index (χ4n) is 6.53. The molecule has 0 bridgehead atoms. The zero-order valence-electron chi connectivity index (χ0n) is 23.5. The highest BCUT2D eigenvalue weighted by molar-refractivity contribution is 6.48. The Kier molecular flexibility index (Phi) is 6.64. The van der Waals surface area contributed by atoms with Crippen molar-refractivity contribution >= 4 is 103 Å². The van der Waals surface area contributed by atoms with Crippen molar-refractivity contribution in [3.8, 4) is 0 Å². The summed E-state index contributed by atoms with van der Waals surface area (Å²) in [5, 5.41) is 0.947. The quantitative estimate of drug-likeness (QED) is 0.201. The van der Waals surface area contributed by atoms with Crippen molar-refractivity contribution in [1.82, 2.24) is 0 Å². The van der Waals surface area contributed by atoms with Crippen LogP contribution in [0, 0.1) is 0 Å². The van der Waals surface area contributed by atoms with Gasteiger partial charge in [0.2, 0.25) is 0 Å². The maximum atomic E-state index is 14.0. The number of imide groups is 2. The molecule has 0 N–H and O–H groups in total. The number of benzene rings is 4. The molecule has 0 aromatic heterocycles. The SMILES string of the molecule is O=C1c2ccc3c4c(ccc(c24)C(=O)N1c1c(Cl)cc(C2=CC=CC2)cc1Cl)C(=O)N(c1c(Cl)cc(C2=CC=CC2)cc1Cl)C3=O. The van der Waals surface area contributed by atoms with Crippen LogP contribution in [0.1, 0.15) is 65.4 Å². The minimum atomic E-state index is -0.681. The average Bonchev–Trinajstić information content (AvgIpc) is 3.77. The smallest absolute Gasteiger partial charge is 0.266 e. The van der Waals surface area contributed by atoms with Gasteiger partial charge < -0.3 is 0 Å². The minimum Gasteiger partial charge on any atom is -0.268 e. The predicted molar refractivity (Wildman–Crippen MR) is 183 cm³/mol. The molecule has 4 aromatic carbocycles. The number of allylic oxidation sites excluding steroid dienone is 8. The molecule has 4 aromatic rings. The summed E-state index contributed by atoms with van der Waals surface area (Å²) in [5.74, 6) is -2.73. The molecule has 2 aliphatic heterocycles. The largest absolute Gasteiger partial charge is 0.268 e. The first-order valence-corrected chi connectivity index (χ1v) is 15.7. The topological polar surface area (TPSA) is 74.8 Å². The number of amides is 4. The average molecular weight is 684 g/mol. The van der Waals surface area contributed by atoms with Gasteiger partial charge in [-0.15, -0.1) is 0 Å². The molecule has 10 heteroatoms. The van der Waals surface area contributed by atoms with Crippen LogP contribution in [0.25, 0.3) is 21.9 Å². The van der Waals surface area contributed by atoms with Crippen LogP contribution in [0.5, 0.6) is 0 Å². The number of nitrogens with zero attached hydrogens (tertiary/aromatic N) is 2. The van der Waals surface area contributed by atoms with Gasteiger partial charge in [0.05, 0.1) is 31.5 Å². The van der Waals surface area contributed by atoms with Crippen molar-refractivity contribution in [3.63, 3.8) is 0 Å². The van der Waals surface area contributed by atoms with Crippen molar-refractivity contribution in [3.05, 3.63) is 138 Å². The van der Waals surface area contributed by atoms with Gasteiger partial charge in [-0.1, -0.05) is 82.9 Å². The summed E-state index contributed by atoms with van der Waals surface area (Å²) in [6.45, 7) is 0. The molecular formula is C36H18Cl4N2O4. The molecule has 4 amide bonds. The second kappa shape index (κ2) is 10.5. The van der Waals surface area contributed by atoms with Crippen LogP contribution in [0.15, 0.2) is 85.0 Å². The van der Waals surface area contributed by atoms with E-state index < -0.39 is 23.6 Å². The Balaban J connectivity index is 1.23. The van der Waals surface area contributed by atoms with E-state index in [1.807, 2.05) is 36.5 Å². The fraction of sp³-hybridized carbons (Fsp3) is 0.0556. The van der Waals surface area contributed by atoms with Gasteiger partial charge in [-0.3, -0.25) is 19.2 Å². The number of carbonyl (C=O) groups excluding carboxylic acids is 4. The first-order valence-electron chi connectivity index (χ1n) is 14.2. The van der Waals surface area contributed by atoms with E-state index in [0.29, 0.717) is 12.8 Å². The van der Waals surface area contributed by atoms with Crippen LogP contribution in [0.4, 0.5) is 11.4 Å². The van der Waals surface area contributed by atoms with Crippen LogP contribution in [0.3, 0.4) is 0 Å². The third-order valence-corrected chi connectivity index (χ3v) is 9.81. The highest BCUT2D eigenvalue weighted by Crippen LogP contribution is 2.46. The highest BCUT2D eigenvalue weighted by Gasteiger charge is 2.42. The van der Waals surface area contributed by atoms with E-state index in [1.54, 1.807) is 24.3 Å². The number of hydrogen-bond donors (Lipinski definition) is 0. The lowest BCUT2D eigenvalue weighted by Gasteiger charge is -2.33. The van der Waals surface area contributed by atoms with Crippen molar-refractivity contribution in [2.75, 3.05) is 9.80 Å². The normalized spacial score (nSPS) is 16.7. The van der Waals surface area contributed by atoms with Crippen LogP contribution in [-0.4, -0.2) is 23.6 Å². The van der Waals surface area contributed by atoms with Crippen molar-refractivity contribution in [1.29, 1.82) is 0 Å². The molecule has 6 nitrogen and oxygen atoms in total. The zero-order chi connectivity index (χ0) is 32.0. The minimum absolute atomic E-state index is 0.0582. The van der Waals surface area contributed by atoms with Crippen LogP contribution in [-0.2, 0) is 0 Å². The fourth-order valence-corrected chi connectivity index (χ4v) is 7.84. The van der Waals surface area contributed by atoms with E-state index in [0.717, 1.165) is 32.1 Å². The Bertz CT molecular complexity index is 2020. The molecule has 8 rings (SSSR count). The van der Waals surface area contributed by atoms with Gasteiger partial charge in [-0.05, 0) is 83.6 Å². The van der Waals surface area contributed by atoms with Crippen LogP contribution >= 0.6 is 46.4 Å². The second-order valence-corrected chi connectivity index (χ2v) is 12.8. The molecule has 0 saturated heterocycles. The first kappa shape index (κ1) is 29.0.